The second-order valence-electron chi connectivity index (χ2n) is 14.1. The third-order valence-corrected chi connectivity index (χ3v) is 11.1. The molecule has 0 fully saturated rings. The number of allylic oxidation sites excluding steroid dienone is 8. The summed E-state index contributed by atoms with van der Waals surface area (Å²) in [5, 5.41) is 0. The van der Waals surface area contributed by atoms with Crippen molar-refractivity contribution in [3.63, 3.8) is 0 Å². The van der Waals surface area contributed by atoms with E-state index in [0.29, 0.717) is 0 Å². The van der Waals surface area contributed by atoms with Crippen molar-refractivity contribution in [1.82, 2.24) is 0 Å². The maximum atomic E-state index is 5.95. The summed E-state index contributed by atoms with van der Waals surface area (Å²) in [6.07, 6.45) is 9.88. The van der Waals surface area contributed by atoms with E-state index in [1.165, 1.54) is 61.3 Å². The minimum Gasteiger partial charge on any atom is -0.496 e. The van der Waals surface area contributed by atoms with Gasteiger partial charge in [0.1, 0.15) is 5.75 Å². The number of rotatable bonds is 6. The molecule has 0 amide bonds. The average Bonchev–Trinajstić information content (AvgIpc) is 2.90. The Balaban J connectivity index is 1.73. The molecule has 3 atom stereocenters. The van der Waals surface area contributed by atoms with Gasteiger partial charge < -0.3 is 4.74 Å². The Labute approximate surface area is 255 Å². The maximum Gasteiger partial charge on any atom is 0.126 e. The Bertz CT molecular complexity index is 1620. The van der Waals surface area contributed by atoms with Crippen molar-refractivity contribution < 1.29 is 4.74 Å². The van der Waals surface area contributed by atoms with Crippen LogP contribution in [0.4, 0.5) is 0 Å². The first-order valence-corrected chi connectivity index (χ1v) is 15.7. The lowest BCUT2D eigenvalue weighted by Gasteiger charge is -2.62. The predicted octanol–water partition coefficient (Wildman–Crippen LogP) is 11.6. The normalized spacial score (nSPS) is 27.3. The summed E-state index contributed by atoms with van der Waals surface area (Å²) in [6, 6.07) is 11.2. The molecule has 3 aliphatic carbocycles. The van der Waals surface area contributed by atoms with E-state index in [1.807, 2.05) is 0 Å². The van der Waals surface area contributed by atoms with Crippen LogP contribution in [0.15, 0.2) is 89.6 Å². The number of hydrogen-bond acceptors (Lipinski definition) is 1. The zero-order valence-electron chi connectivity index (χ0n) is 27.6. The van der Waals surface area contributed by atoms with Gasteiger partial charge in [-0.1, -0.05) is 101 Å². The quantitative estimate of drug-likeness (QED) is 0.342. The molecule has 2 aromatic rings. The van der Waals surface area contributed by atoms with E-state index < -0.39 is 0 Å². The molecule has 0 saturated heterocycles. The maximum absolute atomic E-state index is 5.95. The first-order valence-electron chi connectivity index (χ1n) is 15.7. The Morgan fingerprint density at radius 1 is 1.00 bits per heavy atom. The van der Waals surface area contributed by atoms with Crippen LogP contribution in [0.2, 0.25) is 0 Å². The lowest BCUT2D eigenvalue weighted by molar-refractivity contribution is 0.0544. The molecule has 0 heterocycles. The Hall–Kier alpha value is -3.32. The van der Waals surface area contributed by atoms with Crippen LogP contribution in [-0.4, -0.2) is 7.11 Å². The van der Waals surface area contributed by atoms with Gasteiger partial charge in [-0.15, -0.1) is 0 Å². The lowest BCUT2D eigenvalue weighted by atomic mass is 9.41. The minimum atomic E-state index is -0.149. The number of ether oxygens (including phenoxy) is 1. The second kappa shape index (κ2) is 10.4. The van der Waals surface area contributed by atoms with Gasteiger partial charge in [0, 0.05) is 11.0 Å². The Kier molecular flexibility index (Phi) is 7.49. The highest BCUT2D eigenvalue weighted by atomic mass is 16.5. The van der Waals surface area contributed by atoms with E-state index in [0.717, 1.165) is 49.0 Å². The third kappa shape index (κ3) is 4.26. The highest BCUT2D eigenvalue weighted by molar-refractivity contribution is 5.91. The molecule has 0 N–H and O–H groups in total. The average molecular weight is 559 g/mol. The van der Waals surface area contributed by atoms with Crippen molar-refractivity contribution in [3.8, 4) is 16.9 Å². The van der Waals surface area contributed by atoms with Crippen molar-refractivity contribution in [2.75, 3.05) is 7.11 Å². The number of fused-ring (bicyclic) bond motifs is 3. The Morgan fingerprint density at radius 2 is 1.71 bits per heavy atom. The molecule has 1 heteroatoms. The summed E-state index contributed by atoms with van der Waals surface area (Å²) in [7, 11) is 1.78. The van der Waals surface area contributed by atoms with Gasteiger partial charge in [-0.2, -0.15) is 0 Å². The van der Waals surface area contributed by atoms with E-state index >= 15 is 0 Å². The fourth-order valence-corrected chi connectivity index (χ4v) is 9.22. The fourth-order valence-electron chi connectivity index (χ4n) is 9.22. The molecule has 0 spiro atoms. The van der Waals surface area contributed by atoms with E-state index in [4.69, 9.17) is 17.9 Å². The Morgan fingerprint density at radius 3 is 2.36 bits per heavy atom. The van der Waals surface area contributed by atoms with Crippen molar-refractivity contribution in [1.29, 1.82) is 0 Å². The van der Waals surface area contributed by atoms with Crippen LogP contribution in [0, 0.1) is 23.2 Å². The SMILES string of the molecule is C=C(C)C1=C(C)C[C@@]2(C)C[C@@]3(C)Cc4c(-c5cc(/C=C/CCC)ccc5OC)ccc(C)c4C(=C)C3=C(C)[C@@]2(C)C1=C. The van der Waals surface area contributed by atoms with Crippen molar-refractivity contribution in [2.24, 2.45) is 16.2 Å². The molecule has 2 aromatic carbocycles. The van der Waals surface area contributed by atoms with Crippen molar-refractivity contribution in [3.05, 3.63) is 112 Å². The topological polar surface area (TPSA) is 9.23 Å². The van der Waals surface area contributed by atoms with E-state index in [-0.39, 0.29) is 16.2 Å². The van der Waals surface area contributed by atoms with Gasteiger partial charge in [0.2, 0.25) is 0 Å². The number of methoxy groups -OCH3 is 1. The number of aryl methyl sites for hydroxylation is 1. The van der Waals surface area contributed by atoms with Crippen LogP contribution in [0.1, 0.15) is 96.4 Å². The van der Waals surface area contributed by atoms with Crippen LogP contribution >= 0.6 is 0 Å². The number of hydrogen-bond donors (Lipinski definition) is 0. The summed E-state index contributed by atoms with van der Waals surface area (Å²) in [5.74, 6) is 0.918. The molecule has 0 radical (unpaired) electrons. The van der Waals surface area contributed by atoms with Crippen LogP contribution in [-0.2, 0) is 6.42 Å². The largest absolute Gasteiger partial charge is 0.496 e. The summed E-state index contributed by atoms with van der Waals surface area (Å²) in [5.41, 5.74) is 16.7. The summed E-state index contributed by atoms with van der Waals surface area (Å²) < 4.78 is 5.95. The van der Waals surface area contributed by atoms with Crippen molar-refractivity contribution >= 4 is 11.6 Å². The van der Waals surface area contributed by atoms with Gasteiger partial charge in [0.05, 0.1) is 7.11 Å². The molecule has 42 heavy (non-hydrogen) atoms. The first-order chi connectivity index (χ1) is 19.7. The van der Waals surface area contributed by atoms with E-state index in [2.05, 4.69) is 104 Å². The highest BCUT2D eigenvalue weighted by Gasteiger charge is 2.59. The number of unbranched alkanes of at least 4 members (excludes halogenated alkanes) is 1. The van der Waals surface area contributed by atoms with E-state index in [1.54, 1.807) is 7.11 Å². The molecular formula is C41H50O. The highest BCUT2D eigenvalue weighted by Crippen LogP contribution is 2.70. The van der Waals surface area contributed by atoms with Gasteiger partial charge in [0.15, 0.2) is 0 Å². The molecule has 0 aliphatic heterocycles. The lowest BCUT2D eigenvalue weighted by Crippen LogP contribution is -2.52. The van der Waals surface area contributed by atoms with Gasteiger partial charge in [-0.3, -0.25) is 0 Å². The standard InChI is InChI=1S/C41H50O/c1-13-14-15-16-31-18-20-35(42-12)33(21-31)32-19-17-26(4)37-28(6)38-30(8)41(11)29(7)36(25(2)3)27(5)22-40(41,10)24-39(38,9)23-34(32)37/h15-21H,2,6-7,13-14,22-24H2,1,3-5,8-12H3/b16-15+/t39-,40+,41-/m1/s1. The molecular weight excluding hydrogens is 508 g/mol. The summed E-state index contributed by atoms with van der Waals surface area (Å²) in [6.45, 7) is 32.7. The first kappa shape index (κ1) is 30.1. The predicted molar refractivity (Wildman–Crippen MR) is 183 cm³/mol. The monoisotopic (exact) mass is 558 g/mol. The van der Waals surface area contributed by atoms with Crippen molar-refractivity contribution in [2.45, 2.75) is 87.5 Å². The van der Waals surface area contributed by atoms with Crippen LogP contribution < -0.4 is 4.74 Å². The fraction of sp³-hybridized carbons (Fsp3) is 0.415. The van der Waals surface area contributed by atoms with Crippen LogP contribution in [0.25, 0.3) is 22.8 Å². The van der Waals surface area contributed by atoms with Gasteiger partial charge in [0.25, 0.3) is 0 Å². The molecule has 3 aliphatic rings. The third-order valence-electron chi connectivity index (χ3n) is 11.1. The molecule has 0 bridgehead atoms. The molecule has 220 valence electrons. The van der Waals surface area contributed by atoms with Crippen LogP contribution in [0.3, 0.4) is 0 Å². The summed E-state index contributed by atoms with van der Waals surface area (Å²) in [4.78, 5) is 0. The molecule has 5 rings (SSSR count). The molecule has 1 nitrogen and oxygen atoms in total. The van der Waals surface area contributed by atoms with Crippen LogP contribution in [0.5, 0.6) is 5.75 Å². The molecule has 0 aromatic heterocycles. The van der Waals surface area contributed by atoms with E-state index in [9.17, 15) is 0 Å². The molecule has 0 unspecified atom stereocenters. The summed E-state index contributed by atoms with van der Waals surface area (Å²) >= 11 is 0. The van der Waals surface area contributed by atoms with Gasteiger partial charge in [-0.25, -0.2) is 0 Å². The zero-order valence-corrected chi connectivity index (χ0v) is 27.6. The second-order valence-corrected chi connectivity index (χ2v) is 14.1. The minimum absolute atomic E-state index is 0.0296. The molecule has 0 saturated carbocycles. The van der Waals surface area contributed by atoms with Gasteiger partial charge in [-0.05, 0) is 126 Å². The smallest absolute Gasteiger partial charge is 0.126 e. The number of benzene rings is 2. The zero-order chi connectivity index (χ0) is 30.8. The van der Waals surface area contributed by atoms with Gasteiger partial charge >= 0.3 is 0 Å².